The molecule has 0 spiro atoms. The van der Waals surface area contributed by atoms with E-state index in [9.17, 15) is 4.79 Å². The molecule has 1 heterocycles. The molecule has 0 bridgehead atoms. The van der Waals surface area contributed by atoms with Gasteiger partial charge in [-0.3, -0.25) is 0 Å². The summed E-state index contributed by atoms with van der Waals surface area (Å²) in [5.74, 6) is -0.612. The van der Waals surface area contributed by atoms with Crippen LogP contribution in [0.2, 0.25) is 0 Å². The molecule has 2 aromatic carbocycles. The maximum absolute atomic E-state index is 11.0. The average Bonchev–Trinajstić information content (AvgIpc) is 2.89. The number of aromatic nitrogens is 1. The smallest absolute Gasteiger partial charge is 0.337 e. The van der Waals surface area contributed by atoms with Crippen LogP contribution in [0.15, 0.2) is 42.5 Å². The maximum Gasteiger partial charge on any atom is 0.337 e. The molecule has 3 rings (SSSR count). The molecule has 0 aliphatic carbocycles. The Hall–Kier alpha value is -2.60. The number of nitrogens with two attached hydrogens (primary N) is 1. The first-order chi connectivity index (χ1) is 10.1. The topological polar surface area (TPSA) is 85.4 Å². The van der Waals surface area contributed by atoms with Gasteiger partial charge in [0.2, 0.25) is 0 Å². The molecule has 0 unspecified atom stereocenters. The summed E-state index contributed by atoms with van der Waals surface area (Å²) in [6.07, 6.45) is 0. The Kier molecular flexibility index (Phi) is 3.45. The maximum atomic E-state index is 11.0. The van der Waals surface area contributed by atoms with Crippen molar-refractivity contribution < 1.29 is 14.6 Å². The number of carbonyl (C=O) groups is 1. The lowest BCUT2D eigenvalue weighted by molar-refractivity contribution is 0.0697. The van der Waals surface area contributed by atoms with Gasteiger partial charge in [0, 0.05) is 5.69 Å². The predicted octanol–water partition coefficient (Wildman–Crippen LogP) is 3.16. The number of fused-ring (bicyclic) bond motifs is 1. The first kappa shape index (κ1) is 13.4. The van der Waals surface area contributed by atoms with Gasteiger partial charge in [-0.2, -0.15) is 0 Å². The van der Waals surface area contributed by atoms with Crippen molar-refractivity contribution in [3.8, 4) is 5.75 Å². The molecule has 0 saturated heterocycles. The van der Waals surface area contributed by atoms with Crippen LogP contribution < -0.4 is 10.5 Å². The summed E-state index contributed by atoms with van der Waals surface area (Å²) in [6, 6.07) is 12.4. The van der Waals surface area contributed by atoms with Gasteiger partial charge in [0.25, 0.3) is 0 Å². The highest BCUT2D eigenvalue weighted by Crippen LogP contribution is 2.24. The third-order valence-corrected chi connectivity index (χ3v) is 3.97. The third-order valence-electron chi connectivity index (χ3n) is 2.96. The van der Waals surface area contributed by atoms with E-state index in [4.69, 9.17) is 15.6 Å². The van der Waals surface area contributed by atoms with Crippen LogP contribution >= 0.6 is 11.3 Å². The summed E-state index contributed by atoms with van der Waals surface area (Å²) in [6.45, 7) is 0.294. The molecule has 3 aromatic rings. The summed E-state index contributed by atoms with van der Waals surface area (Å²) in [5, 5.41) is 9.86. The lowest BCUT2D eigenvalue weighted by Crippen LogP contribution is -2.03. The van der Waals surface area contributed by atoms with Crippen molar-refractivity contribution in [2.75, 3.05) is 5.73 Å². The van der Waals surface area contributed by atoms with E-state index in [2.05, 4.69) is 4.98 Å². The number of thiazole rings is 1. The number of carboxylic acids is 1. The average molecular weight is 300 g/mol. The number of rotatable bonds is 4. The molecule has 3 N–H and O–H groups in total. The molecule has 0 aliphatic rings. The van der Waals surface area contributed by atoms with Crippen LogP contribution in [0.25, 0.3) is 10.2 Å². The normalized spacial score (nSPS) is 10.7. The highest BCUT2D eigenvalue weighted by Gasteiger charge is 2.10. The Morgan fingerprint density at radius 3 is 2.86 bits per heavy atom. The van der Waals surface area contributed by atoms with Gasteiger partial charge in [-0.15, -0.1) is 11.3 Å². The molecule has 0 amide bonds. The van der Waals surface area contributed by atoms with Gasteiger partial charge in [-0.1, -0.05) is 12.1 Å². The first-order valence-corrected chi connectivity index (χ1v) is 7.05. The number of para-hydroxylation sites is 1. The summed E-state index contributed by atoms with van der Waals surface area (Å²) < 4.78 is 6.69. The molecule has 0 aliphatic heterocycles. The third kappa shape index (κ3) is 2.80. The van der Waals surface area contributed by atoms with Gasteiger partial charge in [0.05, 0.1) is 15.8 Å². The van der Waals surface area contributed by atoms with Crippen molar-refractivity contribution >= 4 is 33.2 Å². The van der Waals surface area contributed by atoms with Crippen LogP contribution in [0.3, 0.4) is 0 Å². The lowest BCUT2D eigenvalue weighted by atomic mass is 10.2. The minimum absolute atomic E-state index is 0.0387. The van der Waals surface area contributed by atoms with Crippen molar-refractivity contribution in [1.82, 2.24) is 4.98 Å². The number of anilines is 1. The molecule has 6 heteroatoms. The van der Waals surface area contributed by atoms with E-state index in [0.29, 0.717) is 12.4 Å². The summed E-state index contributed by atoms with van der Waals surface area (Å²) >= 11 is 1.55. The van der Waals surface area contributed by atoms with E-state index in [1.165, 1.54) is 12.1 Å². The number of aromatic carboxylic acids is 1. The number of nitrogen functional groups attached to an aromatic ring is 1. The van der Waals surface area contributed by atoms with Crippen molar-refractivity contribution in [2.24, 2.45) is 0 Å². The van der Waals surface area contributed by atoms with Gasteiger partial charge in [0.15, 0.2) is 0 Å². The first-order valence-electron chi connectivity index (χ1n) is 6.23. The fraction of sp³-hybridized carbons (Fsp3) is 0.0667. The van der Waals surface area contributed by atoms with Crippen LogP contribution in [0.1, 0.15) is 15.4 Å². The Bertz CT molecular complexity index is 781. The van der Waals surface area contributed by atoms with Crippen molar-refractivity contribution in [2.45, 2.75) is 6.61 Å². The largest absolute Gasteiger partial charge is 0.486 e. The molecule has 21 heavy (non-hydrogen) atoms. The number of hydrogen-bond acceptors (Lipinski definition) is 5. The standard InChI is InChI=1S/C15H12N2O3S/c16-11-6-5-9(7-10(11)15(18)19)20-8-14-17-12-3-1-2-4-13(12)21-14/h1-7H,8,16H2,(H,18,19). The second-order valence-corrected chi connectivity index (χ2v) is 5.53. The molecule has 0 saturated carbocycles. The molecular formula is C15H12N2O3S. The monoisotopic (exact) mass is 300 g/mol. The van der Waals surface area contributed by atoms with E-state index in [0.717, 1.165) is 15.2 Å². The van der Waals surface area contributed by atoms with E-state index in [1.54, 1.807) is 17.4 Å². The molecular weight excluding hydrogens is 288 g/mol. The number of benzene rings is 2. The zero-order chi connectivity index (χ0) is 14.8. The van der Waals surface area contributed by atoms with Gasteiger partial charge in [0.1, 0.15) is 17.4 Å². The number of hydrogen-bond donors (Lipinski definition) is 2. The fourth-order valence-corrected chi connectivity index (χ4v) is 2.82. The van der Waals surface area contributed by atoms with Crippen LogP contribution in [0.4, 0.5) is 5.69 Å². The van der Waals surface area contributed by atoms with Crippen molar-refractivity contribution in [3.63, 3.8) is 0 Å². The minimum atomic E-state index is -1.07. The Balaban J connectivity index is 1.78. The zero-order valence-electron chi connectivity index (χ0n) is 10.9. The van der Waals surface area contributed by atoms with E-state index >= 15 is 0 Å². The molecule has 1 aromatic heterocycles. The second-order valence-electron chi connectivity index (χ2n) is 4.42. The summed E-state index contributed by atoms with van der Waals surface area (Å²) in [4.78, 5) is 15.5. The van der Waals surface area contributed by atoms with Crippen molar-refractivity contribution in [3.05, 3.63) is 53.0 Å². The highest BCUT2D eigenvalue weighted by atomic mass is 32.1. The fourth-order valence-electron chi connectivity index (χ4n) is 1.94. The number of ether oxygens (including phenoxy) is 1. The van der Waals surface area contributed by atoms with E-state index in [1.807, 2.05) is 24.3 Å². The Labute approximate surface area is 124 Å². The minimum Gasteiger partial charge on any atom is -0.486 e. The van der Waals surface area contributed by atoms with Crippen LogP contribution in [0, 0.1) is 0 Å². The summed E-state index contributed by atoms with van der Waals surface area (Å²) in [7, 11) is 0. The summed E-state index contributed by atoms with van der Waals surface area (Å²) in [5.41, 5.74) is 6.79. The highest BCUT2D eigenvalue weighted by molar-refractivity contribution is 7.18. The number of carboxylic acid groups (broad SMARTS) is 1. The predicted molar refractivity (Wildman–Crippen MR) is 81.8 cm³/mol. The SMILES string of the molecule is Nc1ccc(OCc2nc3ccccc3s2)cc1C(=O)O. The van der Waals surface area contributed by atoms with Crippen LogP contribution in [0.5, 0.6) is 5.75 Å². The quantitative estimate of drug-likeness (QED) is 0.723. The second kappa shape index (κ2) is 5.41. The molecule has 0 fully saturated rings. The van der Waals surface area contributed by atoms with Crippen LogP contribution in [-0.2, 0) is 6.61 Å². The molecule has 0 radical (unpaired) electrons. The van der Waals surface area contributed by atoms with Crippen LogP contribution in [-0.4, -0.2) is 16.1 Å². The van der Waals surface area contributed by atoms with Gasteiger partial charge < -0.3 is 15.6 Å². The molecule has 0 atom stereocenters. The lowest BCUT2D eigenvalue weighted by Gasteiger charge is -2.06. The van der Waals surface area contributed by atoms with Crippen molar-refractivity contribution in [1.29, 1.82) is 0 Å². The Morgan fingerprint density at radius 2 is 2.10 bits per heavy atom. The van der Waals surface area contributed by atoms with Gasteiger partial charge >= 0.3 is 5.97 Å². The molecule has 5 nitrogen and oxygen atoms in total. The number of nitrogens with zero attached hydrogens (tertiary/aromatic N) is 1. The Morgan fingerprint density at radius 1 is 1.29 bits per heavy atom. The van der Waals surface area contributed by atoms with Gasteiger partial charge in [-0.25, -0.2) is 9.78 Å². The van der Waals surface area contributed by atoms with E-state index < -0.39 is 5.97 Å². The molecule has 106 valence electrons. The zero-order valence-corrected chi connectivity index (χ0v) is 11.8. The van der Waals surface area contributed by atoms with Gasteiger partial charge in [-0.05, 0) is 30.3 Å². The van der Waals surface area contributed by atoms with E-state index in [-0.39, 0.29) is 11.3 Å².